The maximum atomic E-state index is 6.04. The Morgan fingerprint density at radius 2 is 1.59 bits per heavy atom. The van der Waals surface area contributed by atoms with Gasteiger partial charge in [-0.2, -0.15) is 9.50 Å². The van der Waals surface area contributed by atoms with Gasteiger partial charge in [0.1, 0.15) is 5.82 Å². The highest BCUT2D eigenvalue weighted by molar-refractivity contribution is 6.30. The van der Waals surface area contributed by atoms with E-state index in [0.717, 1.165) is 73.7 Å². The van der Waals surface area contributed by atoms with Gasteiger partial charge in [0.15, 0.2) is 5.82 Å². The van der Waals surface area contributed by atoms with E-state index in [2.05, 4.69) is 58.9 Å². The molecule has 4 aromatic rings. The van der Waals surface area contributed by atoms with E-state index in [1.54, 1.807) is 0 Å². The van der Waals surface area contributed by atoms with Crippen molar-refractivity contribution < 1.29 is 0 Å². The van der Waals surface area contributed by atoms with Crippen LogP contribution in [-0.4, -0.2) is 63.8 Å². The number of halogens is 1. The highest BCUT2D eigenvalue weighted by atomic mass is 35.5. The molecule has 5 rings (SSSR count). The average Bonchev–Trinajstić information content (AvgIpc) is 3.29. The van der Waals surface area contributed by atoms with Gasteiger partial charge in [0.25, 0.3) is 5.78 Å². The van der Waals surface area contributed by atoms with Crippen LogP contribution in [-0.2, 0) is 6.54 Å². The Bertz CT molecular complexity index is 1230. The number of benzene rings is 2. The van der Waals surface area contributed by atoms with E-state index in [4.69, 9.17) is 26.7 Å². The number of fused-ring (bicyclic) bond motifs is 1. The summed E-state index contributed by atoms with van der Waals surface area (Å²) in [5.41, 5.74) is 3.23. The molecular formula is C26H30ClN7. The molecule has 0 spiro atoms. The lowest BCUT2D eigenvalue weighted by molar-refractivity contribution is 0.244. The number of rotatable bonds is 7. The monoisotopic (exact) mass is 475 g/mol. The van der Waals surface area contributed by atoms with E-state index in [1.807, 2.05) is 34.8 Å². The molecule has 2 aromatic carbocycles. The maximum absolute atomic E-state index is 6.04. The summed E-state index contributed by atoms with van der Waals surface area (Å²) < 4.78 is 1.90. The van der Waals surface area contributed by atoms with Crippen LogP contribution in [0.15, 0.2) is 60.7 Å². The molecule has 0 amide bonds. The fourth-order valence-corrected chi connectivity index (χ4v) is 4.63. The number of anilines is 2. The molecular weight excluding hydrogens is 446 g/mol. The summed E-state index contributed by atoms with van der Waals surface area (Å²) in [6, 6.07) is 20.5. The molecule has 0 N–H and O–H groups in total. The number of piperazine rings is 1. The first-order chi connectivity index (χ1) is 16.6. The molecule has 34 heavy (non-hydrogen) atoms. The second-order valence-electron chi connectivity index (χ2n) is 8.52. The molecule has 1 aliphatic rings. The van der Waals surface area contributed by atoms with Crippen molar-refractivity contribution in [3.8, 4) is 11.3 Å². The number of hydrogen-bond donors (Lipinski definition) is 0. The van der Waals surface area contributed by atoms with Crippen LogP contribution in [0.2, 0.25) is 5.02 Å². The molecule has 0 aliphatic carbocycles. The van der Waals surface area contributed by atoms with Gasteiger partial charge in [-0.3, -0.25) is 4.90 Å². The molecule has 0 saturated carbocycles. The Kier molecular flexibility index (Phi) is 6.65. The van der Waals surface area contributed by atoms with Gasteiger partial charge < -0.3 is 9.80 Å². The van der Waals surface area contributed by atoms with Crippen molar-refractivity contribution in [3.63, 3.8) is 0 Å². The normalized spacial score (nSPS) is 14.6. The third-order valence-electron chi connectivity index (χ3n) is 6.42. The molecule has 176 valence electrons. The second kappa shape index (κ2) is 9.99. The molecule has 3 heterocycles. The molecule has 8 heteroatoms. The minimum Gasteiger partial charge on any atom is -0.369 e. The summed E-state index contributed by atoms with van der Waals surface area (Å²) in [6.07, 6.45) is 0. The summed E-state index contributed by atoms with van der Waals surface area (Å²) in [7, 11) is 0. The second-order valence-corrected chi connectivity index (χ2v) is 8.95. The van der Waals surface area contributed by atoms with E-state index in [-0.39, 0.29) is 0 Å². The summed E-state index contributed by atoms with van der Waals surface area (Å²) in [4.78, 5) is 16.8. The van der Waals surface area contributed by atoms with Gasteiger partial charge in [-0.25, -0.2) is 4.98 Å². The minimum absolute atomic E-state index is 0.651. The maximum Gasteiger partial charge on any atom is 0.254 e. The molecule has 7 nitrogen and oxygen atoms in total. The Morgan fingerprint density at radius 1 is 0.882 bits per heavy atom. The molecule has 0 atom stereocenters. The van der Waals surface area contributed by atoms with Crippen molar-refractivity contribution in [1.82, 2.24) is 24.5 Å². The van der Waals surface area contributed by atoms with Gasteiger partial charge in [0.2, 0.25) is 0 Å². The van der Waals surface area contributed by atoms with Crippen LogP contribution in [0.3, 0.4) is 0 Å². The SMILES string of the molecule is CCN(CC)c1cc(-c2ccccc2)nc2nc(CN3CCN(c4ccc(Cl)cc4)CC3)nn12. The van der Waals surface area contributed by atoms with Crippen molar-refractivity contribution in [1.29, 1.82) is 0 Å². The Hall–Kier alpha value is -3.16. The van der Waals surface area contributed by atoms with Crippen LogP contribution < -0.4 is 9.80 Å². The van der Waals surface area contributed by atoms with E-state index in [0.29, 0.717) is 5.78 Å². The van der Waals surface area contributed by atoms with Gasteiger partial charge in [0.05, 0.1) is 12.2 Å². The number of nitrogens with zero attached hydrogens (tertiary/aromatic N) is 7. The molecule has 0 radical (unpaired) electrons. The van der Waals surface area contributed by atoms with Crippen LogP contribution in [0, 0.1) is 0 Å². The van der Waals surface area contributed by atoms with Gasteiger partial charge in [-0.15, -0.1) is 5.10 Å². The van der Waals surface area contributed by atoms with Crippen LogP contribution in [0.25, 0.3) is 17.0 Å². The molecule has 2 aromatic heterocycles. The Labute approximate surface area is 205 Å². The molecule has 0 bridgehead atoms. The number of hydrogen-bond acceptors (Lipinski definition) is 6. The highest BCUT2D eigenvalue weighted by Crippen LogP contribution is 2.25. The van der Waals surface area contributed by atoms with E-state index >= 15 is 0 Å². The van der Waals surface area contributed by atoms with Crippen LogP contribution in [0.5, 0.6) is 0 Å². The summed E-state index contributed by atoms with van der Waals surface area (Å²) >= 11 is 6.04. The van der Waals surface area contributed by atoms with Crippen molar-refractivity contribution >= 4 is 28.9 Å². The first-order valence-electron chi connectivity index (χ1n) is 11.9. The van der Waals surface area contributed by atoms with Crippen molar-refractivity contribution in [2.24, 2.45) is 0 Å². The smallest absolute Gasteiger partial charge is 0.254 e. The fraction of sp³-hybridized carbons (Fsp3) is 0.346. The highest BCUT2D eigenvalue weighted by Gasteiger charge is 2.21. The lowest BCUT2D eigenvalue weighted by Crippen LogP contribution is -2.46. The van der Waals surface area contributed by atoms with Crippen LogP contribution >= 0.6 is 11.6 Å². The predicted octanol–water partition coefficient (Wildman–Crippen LogP) is 4.61. The molecule has 1 aliphatic heterocycles. The topological polar surface area (TPSA) is 52.8 Å². The third kappa shape index (κ3) is 4.72. The molecule has 1 saturated heterocycles. The third-order valence-corrected chi connectivity index (χ3v) is 6.68. The van der Waals surface area contributed by atoms with E-state index in [1.165, 1.54) is 5.69 Å². The zero-order valence-electron chi connectivity index (χ0n) is 19.7. The fourth-order valence-electron chi connectivity index (χ4n) is 4.51. The Balaban J connectivity index is 1.37. The van der Waals surface area contributed by atoms with Crippen molar-refractivity contribution in [2.75, 3.05) is 49.1 Å². The van der Waals surface area contributed by atoms with Gasteiger partial charge in [-0.1, -0.05) is 41.9 Å². The van der Waals surface area contributed by atoms with Crippen molar-refractivity contribution in [3.05, 3.63) is 71.5 Å². The van der Waals surface area contributed by atoms with Crippen LogP contribution in [0.4, 0.5) is 11.5 Å². The van der Waals surface area contributed by atoms with Crippen LogP contribution in [0.1, 0.15) is 19.7 Å². The first kappa shape index (κ1) is 22.6. The summed E-state index contributed by atoms with van der Waals surface area (Å²) in [5, 5.41) is 5.65. The quantitative estimate of drug-likeness (QED) is 0.389. The first-order valence-corrected chi connectivity index (χ1v) is 12.3. The van der Waals surface area contributed by atoms with Gasteiger partial charge in [-0.05, 0) is 38.1 Å². The zero-order chi connectivity index (χ0) is 23.5. The summed E-state index contributed by atoms with van der Waals surface area (Å²) in [6.45, 7) is 10.7. The zero-order valence-corrected chi connectivity index (χ0v) is 20.5. The minimum atomic E-state index is 0.651. The van der Waals surface area contributed by atoms with Gasteiger partial charge >= 0.3 is 0 Å². The summed E-state index contributed by atoms with van der Waals surface area (Å²) in [5.74, 6) is 2.49. The lowest BCUT2D eigenvalue weighted by Gasteiger charge is -2.35. The molecule has 1 fully saturated rings. The van der Waals surface area contributed by atoms with Crippen molar-refractivity contribution in [2.45, 2.75) is 20.4 Å². The predicted molar refractivity (Wildman–Crippen MR) is 139 cm³/mol. The number of aromatic nitrogens is 4. The average molecular weight is 476 g/mol. The Morgan fingerprint density at radius 3 is 2.26 bits per heavy atom. The van der Waals surface area contributed by atoms with E-state index < -0.39 is 0 Å². The standard InChI is InChI=1S/C26H30ClN7/c1-3-32(4-2)25-18-23(20-8-6-5-7-9-20)28-26-29-24(30-34(25)26)19-31-14-16-33(17-15-31)22-12-10-21(27)11-13-22/h5-13,18H,3-4,14-17,19H2,1-2H3. The lowest BCUT2D eigenvalue weighted by atomic mass is 10.1. The van der Waals surface area contributed by atoms with E-state index in [9.17, 15) is 0 Å². The molecule has 0 unspecified atom stereocenters. The van der Waals surface area contributed by atoms with Gasteiger partial charge in [0, 0.05) is 61.6 Å². The largest absolute Gasteiger partial charge is 0.369 e.